The molecule has 1 aromatic heterocycles. The summed E-state index contributed by atoms with van der Waals surface area (Å²) in [6, 6.07) is 0. The minimum Gasteiger partial charge on any atom is -0.281 e. The Bertz CT molecular complexity index is 300. The number of hydrogen-bond acceptors (Lipinski definition) is 1. The van der Waals surface area contributed by atoms with Crippen LogP contribution in [0.4, 0.5) is 0 Å². The predicted molar refractivity (Wildman–Crippen MR) is 59.9 cm³/mol. The van der Waals surface area contributed by atoms with Gasteiger partial charge in [0.25, 0.3) is 0 Å². The first kappa shape index (κ1) is 10.7. The van der Waals surface area contributed by atoms with Crippen molar-refractivity contribution in [2.45, 2.75) is 32.9 Å². The van der Waals surface area contributed by atoms with Crippen molar-refractivity contribution in [3.05, 3.63) is 17.0 Å². The highest BCUT2D eigenvalue weighted by Gasteiger charge is 2.28. The van der Waals surface area contributed by atoms with E-state index < -0.39 is 0 Å². The highest BCUT2D eigenvalue weighted by atomic mass is 31.1. The fourth-order valence-corrected chi connectivity index (χ4v) is 1.97. The third-order valence-electron chi connectivity index (χ3n) is 2.98. The van der Waals surface area contributed by atoms with Crippen molar-refractivity contribution in [2.75, 3.05) is 13.3 Å². The minimum absolute atomic E-state index is 0.00587. The van der Waals surface area contributed by atoms with Gasteiger partial charge in [-0.25, -0.2) is 0 Å². The van der Waals surface area contributed by atoms with Crippen LogP contribution in [0, 0.1) is 13.8 Å². The largest absolute Gasteiger partial charge is 0.281 e. The SMILES string of the molecule is Cc1n[nH]c(C(C)(C)P(C)C)c1C. The summed E-state index contributed by atoms with van der Waals surface area (Å²) < 4.78 is 0. The van der Waals surface area contributed by atoms with Gasteiger partial charge in [0.2, 0.25) is 0 Å². The molecule has 0 aliphatic heterocycles. The smallest absolute Gasteiger partial charge is 0.0623 e. The van der Waals surface area contributed by atoms with E-state index in [0.29, 0.717) is 0 Å². The normalized spacial score (nSPS) is 12.5. The first-order valence-corrected chi connectivity index (χ1v) is 6.80. The lowest BCUT2D eigenvalue weighted by molar-refractivity contribution is 0.721. The number of aryl methyl sites for hydroxylation is 1. The third kappa shape index (κ3) is 1.78. The van der Waals surface area contributed by atoms with Crippen LogP contribution in [-0.4, -0.2) is 23.5 Å². The van der Waals surface area contributed by atoms with Crippen molar-refractivity contribution in [1.29, 1.82) is 0 Å². The van der Waals surface area contributed by atoms with Gasteiger partial charge in [-0.3, -0.25) is 5.10 Å². The van der Waals surface area contributed by atoms with Gasteiger partial charge >= 0.3 is 0 Å². The number of H-pyrrole nitrogens is 1. The minimum atomic E-state index is 0.00587. The molecule has 0 spiro atoms. The average Bonchev–Trinajstić information content (AvgIpc) is 2.33. The van der Waals surface area contributed by atoms with Gasteiger partial charge in [-0.15, -0.1) is 7.92 Å². The summed E-state index contributed by atoms with van der Waals surface area (Å²) >= 11 is 0. The lowest BCUT2D eigenvalue weighted by Gasteiger charge is -2.29. The fourth-order valence-electron chi connectivity index (χ4n) is 1.31. The predicted octanol–water partition coefficient (Wildman–Crippen LogP) is 3.00. The summed E-state index contributed by atoms with van der Waals surface area (Å²) in [7, 11) is 0.00587. The Hall–Kier alpha value is -0.360. The van der Waals surface area contributed by atoms with Gasteiger partial charge in [-0.05, 0) is 32.7 Å². The standard InChI is InChI=1S/C10H19N2P/c1-7-8(2)11-12-9(7)10(3,4)13(5)6/h1-6H3,(H,11,12). The number of nitrogens with zero attached hydrogens (tertiary/aromatic N) is 1. The molecule has 2 nitrogen and oxygen atoms in total. The zero-order chi connectivity index (χ0) is 10.2. The third-order valence-corrected chi connectivity index (χ3v) is 5.44. The molecule has 1 aromatic rings. The van der Waals surface area contributed by atoms with Crippen LogP contribution in [0.15, 0.2) is 0 Å². The van der Waals surface area contributed by atoms with Crippen molar-refractivity contribution in [3.8, 4) is 0 Å². The molecule has 74 valence electrons. The Balaban J connectivity index is 3.14. The molecule has 3 heteroatoms. The van der Waals surface area contributed by atoms with E-state index in [9.17, 15) is 0 Å². The van der Waals surface area contributed by atoms with E-state index in [2.05, 4.69) is 51.2 Å². The van der Waals surface area contributed by atoms with Gasteiger partial charge in [0.05, 0.1) is 5.69 Å². The van der Waals surface area contributed by atoms with E-state index >= 15 is 0 Å². The van der Waals surface area contributed by atoms with E-state index in [-0.39, 0.29) is 13.1 Å². The Morgan fingerprint density at radius 1 is 1.23 bits per heavy atom. The maximum absolute atomic E-state index is 4.25. The summed E-state index contributed by atoms with van der Waals surface area (Å²) in [4.78, 5) is 0. The zero-order valence-corrected chi connectivity index (χ0v) is 10.3. The maximum Gasteiger partial charge on any atom is 0.0623 e. The molecular weight excluding hydrogens is 179 g/mol. The van der Waals surface area contributed by atoms with Crippen LogP contribution in [0.5, 0.6) is 0 Å². The Kier molecular flexibility index (Phi) is 2.82. The molecule has 0 bridgehead atoms. The average molecular weight is 198 g/mol. The molecular formula is C10H19N2P. The first-order valence-electron chi connectivity index (χ1n) is 4.57. The van der Waals surface area contributed by atoms with Crippen LogP contribution in [0.25, 0.3) is 0 Å². The van der Waals surface area contributed by atoms with Gasteiger partial charge in [-0.1, -0.05) is 13.8 Å². The molecule has 0 aliphatic carbocycles. The van der Waals surface area contributed by atoms with Crippen LogP contribution < -0.4 is 0 Å². The molecule has 13 heavy (non-hydrogen) atoms. The van der Waals surface area contributed by atoms with Gasteiger partial charge in [-0.2, -0.15) is 5.10 Å². The molecule has 0 saturated carbocycles. The molecule has 1 heterocycles. The van der Waals surface area contributed by atoms with E-state index in [1.54, 1.807) is 0 Å². The Labute approximate surface area is 81.9 Å². The summed E-state index contributed by atoms with van der Waals surface area (Å²) in [6.45, 7) is 13.4. The van der Waals surface area contributed by atoms with E-state index in [1.165, 1.54) is 11.3 Å². The molecule has 0 radical (unpaired) electrons. The van der Waals surface area contributed by atoms with Crippen molar-refractivity contribution in [2.24, 2.45) is 0 Å². The molecule has 1 rings (SSSR count). The fraction of sp³-hybridized carbons (Fsp3) is 0.700. The van der Waals surface area contributed by atoms with Gasteiger partial charge in [0.1, 0.15) is 0 Å². The number of rotatable bonds is 2. The van der Waals surface area contributed by atoms with E-state index in [0.717, 1.165) is 5.69 Å². The summed E-state index contributed by atoms with van der Waals surface area (Å²) in [5, 5.41) is 7.66. The van der Waals surface area contributed by atoms with Crippen molar-refractivity contribution >= 4 is 7.92 Å². The van der Waals surface area contributed by atoms with Crippen molar-refractivity contribution in [1.82, 2.24) is 10.2 Å². The van der Waals surface area contributed by atoms with Crippen LogP contribution >= 0.6 is 7.92 Å². The van der Waals surface area contributed by atoms with Crippen molar-refractivity contribution in [3.63, 3.8) is 0 Å². The van der Waals surface area contributed by atoms with Crippen LogP contribution in [-0.2, 0) is 5.16 Å². The summed E-state index contributed by atoms with van der Waals surface area (Å²) in [5.41, 5.74) is 3.75. The number of aromatic nitrogens is 2. The summed E-state index contributed by atoms with van der Waals surface area (Å²) in [5.74, 6) is 0. The zero-order valence-electron chi connectivity index (χ0n) is 9.39. The Morgan fingerprint density at radius 2 is 1.77 bits per heavy atom. The van der Waals surface area contributed by atoms with Crippen LogP contribution in [0.3, 0.4) is 0 Å². The molecule has 0 amide bonds. The highest BCUT2D eigenvalue weighted by molar-refractivity contribution is 7.57. The second kappa shape index (κ2) is 3.42. The van der Waals surface area contributed by atoms with Crippen LogP contribution in [0.1, 0.15) is 30.8 Å². The molecule has 1 N–H and O–H groups in total. The molecule has 0 unspecified atom stereocenters. The van der Waals surface area contributed by atoms with Gasteiger partial charge in [0.15, 0.2) is 0 Å². The molecule has 0 fully saturated rings. The second-order valence-electron chi connectivity index (χ2n) is 4.26. The monoisotopic (exact) mass is 198 g/mol. The van der Waals surface area contributed by atoms with Crippen molar-refractivity contribution < 1.29 is 0 Å². The molecule has 0 atom stereocenters. The number of hydrogen-bond donors (Lipinski definition) is 1. The summed E-state index contributed by atoms with van der Waals surface area (Å²) in [6.07, 6.45) is 0. The first-order chi connectivity index (χ1) is 5.87. The second-order valence-corrected chi connectivity index (χ2v) is 7.17. The maximum atomic E-state index is 4.25. The lowest BCUT2D eigenvalue weighted by atomic mass is 10.0. The van der Waals surface area contributed by atoms with E-state index in [4.69, 9.17) is 0 Å². The number of aromatic amines is 1. The molecule has 0 aliphatic rings. The molecule has 0 aromatic carbocycles. The van der Waals surface area contributed by atoms with E-state index in [1.807, 2.05) is 0 Å². The van der Waals surface area contributed by atoms with Gasteiger partial charge in [0, 0.05) is 10.9 Å². The van der Waals surface area contributed by atoms with Gasteiger partial charge < -0.3 is 0 Å². The quantitative estimate of drug-likeness (QED) is 0.727. The highest BCUT2D eigenvalue weighted by Crippen LogP contribution is 2.50. The molecule has 0 saturated heterocycles. The number of nitrogens with one attached hydrogen (secondary N) is 1. The topological polar surface area (TPSA) is 28.7 Å². The Morgan fingerprint density at radius 3 is 2.08 bits per heavy atom. The van der Waals surface area contributed by atoms with Crippen LogP contribution in [0.2, 0.25) is 0 Å². The lowest BCUT2D eigenvalue weighted by Crippen LogP contribution is -2.15.